The molecule has 0 saturated heterocycles. The number of halogens is 2. The van der Waals surface area contributed by atoms with Crippen molar-refractivity contribution in [1.29, 1.82) is 0 Å². The highest BCUT2D eigenvalue weighted by Crippen LogP contribution is 2.29. The minimum atomic E-state index is -0.585. The molecule has 3 aromatic rings. The summed E-state index contributed by atoms with van der Waals surface area (Å²) in [6, 6.07) is 13.8. The summed E-state index contributed by atoms with van der Waals surface area (Å²) in [5, 5.41) is 11.0. The van der Waals surface area contributed by atoms with Crippen LogP contribution in [0.25, 0.3) is 21.9 Å². The molecule has 1 nitrogen and oxygen atoms in total. The predicted molar refractivity (Wildman–Crippen MR) is 71.0 cm³/mol. The Bertz CT molecular complexity index is 746. The highest BCUT2D eigenvalue weighted by Gasteiger charge is 2.11. The lowest BCUT2D eigenvalue weighted by Gasteiger charge is -2.07. The maximum Gasteiger partial charge on any atom is 0.133 e. The second-order valence-corrected chi connectivity index (χ2v) is 4.34. The zero-order chi connectivity index (χ0) is 13.4. The van der Waals surface area contributed by atoms with Crippen LogP contribution in [0.5, 0.6) is 5.75 Å². The van der Waals surface area contributed by atoms with Gasteiger partial charge in [-0.2, -0.15) is 0 Å². The summed E-state index contributed by atoms with van der Waals surface area (Å²) >= 11 is 0. The third-order valence-electron chi connectivity index (χ3n) is 3.08. The molecule has 0 spiro atoms. The van der Waals surface area contributed by atoms with Crippen LogP contribution < -0.4 is 0 Å². The van der Waals surface area contributed by atoms with E-state index in [2.05, 4.69) is 0 Å². The molecule has 0 heterocycles. The van der Waals surface area contributed by atoms with Crippen molar-refractivity contribution in [1.82, 2.24) is 0 Å². The van der Waals surface area contributed by atoms with Crippen LogP contribution in [0.15, 0.2) is 54.6 Å². The number of phenols is 1. The first-order chi connectivity index (χ1) is 9.15. The summed E-state index contributed by atoms with van der Waals surface area (Å²) in [6.07, 6.45) is 0. The average molecular weight is 256 g/mol. The lowest BCUT2D eigenvalue weighted by molar-refractivity contribution is 0.476. The van der Waals surface area contributed by atoms with Crippen molar-refractivity contribution in [2.24, 2.45) is 0 Å². The first-order valence-corrected chi connectivity index (χ1v) is 5.82. The van der Waals surface area contributed by atoms with Crippen LogP contribution in [-0.4, -0.2) is 5.11 Å². The summed E-state index contributed by atoms with van der Waals surface area (Å²) in [4.78, 5) is 0. The van der Waals surface area contributed by atoms with Gasteiger partial charge in [0.25, 0.3) is 0 Å². The van der Waals surface area contributed by atoms with Gasteiger partial charge >= 0.3 is 0 Å². The molecule has 0 aliphatic rings. The third kappa shape index (κ3) is 2.03. The normalized spacial score (nSPS) is 10.8. The molecule has 19 heavy (non-hydrogen) atoms. The van der Waals surface area contributed by atoms with E-state index in [-0.39, 0.29) is 11.3 Å². The number of rotatable bonds is 1. The van der Waals surface area contributed by atoms with E-state index >= 15 is 0 Å². The van der Waals surface area contributed by atoms with Gasteiger partial charge in [-0.15, -0.1) is 0 Å². The van der Waals surface area contributed by atoms with E-state index in [4.69, 9.17) is 0 Å². The molecule has 3 heteroatoms. The molecule has 0 aliphatic carbocycles. The Balaban J connectivity index is 2.24. The maximum atomic E-state index is 13.7. The fraction of sp³-hybridized carbons (Fsp3) is 0. The Labute approximate surface area is 108 Å². The van der Waals surface area contributed by atoms with Crippen LogP contribution in [0, 0.1) is 11.6 Å². The second-order valence-electron chi connectivity index (χ2n) is 4.34. The fourth-order valence-electron chi connectivity index (χ4n) is 2.16. The molecule has 0 bridgehead atoms. The first kappa shape index (κ1) is 11.7. The van der Waals surface area contributed by atoms with Gasteiger partial charge in [-0.1, -0.05) is 24.3 Å². The van der Waals surface area contributed by atoms with Crippen LogP contribution >= 0.6 is 0 Å². The fourth-order valence-corrected chi connectivity index (χ4v) is 2.16. The van der Waals surface area contributed by atoms with Gasteiger partial charge in [0.2, 0.25) is 0 Å². The molecule has 0 radical (unpaired) electrons. The van der Waals surface area contributed by atoms with Gasteiger partial charge in [0.05, 0.1) is 5.56 Å². The third-order valence-corrected chi connectivity index (χ3v) is 3.08. The molecule has 0 aromatic heterocycles. The number of fused-ring (bicyclic) bond motifs is 1. The summed E-state index contributed by atoms with van der Waals surface area (Å²) in [5.41, 5.74) is 0.450. The number of aromatic hydroxyl groups is 1. The van der Waals surface area contributed by atoms with Crippen molar-refractivity contribution in [2.45, 2.75) is 0 Å². The predicted octanol–water partition coefficient (Wildman–Crippen LogP) is 4.49. The largest absolute Gasteiger partial charge is 0.508 e. The quantitative estimate of drug-likeness (QED) is 0.680. The Morgan fingerprint density at radius 2 is 1.37 bits per heavy atom. The van der Waals surface area contributed by atoms with E-state index in [1.165, 1.54) is 18.2 Å². The summed E-state index contributed by atoms with van der Waals surface area (Å²) in [5.74, 6) is -1.01. The van der Waals surface area contributed by atoms with E-state index < -0.39 is 11.6 Å². The average Bonchev–Trinajstić information content (AvgIpc) is 2.38. The smallest absolute Gasteiger partial charge is 0.133 e. The van der Waals surface area contributed by atoms with Gasteiger partial charge in [0.15, 0.2) is 0 Å². The van der Waals surface area contributed by atoms with Crippen LogP contribution in [-0.2, 0) is 0 Å². The van der Waals surface area contributed by atoms with Gasteiger partial charge in [-0.25, -0.2) is 8.78 Å². The monoisotopic (exact) mass is 256 g/mol. The maximum absolute atomic E-state index is 13.7. The van der Waals surface area contributed by atoms with Crippen LogP contribution in [0.2, 0.25) is 0 Å². The number of phenolic OH excluding ortho intramolecular Hbond substituents is 1. The molecule has 0 amide bonds. The minimum Gasteiger partial charge on any atom is -0.508 e. The minimum absolute atomic E-state index is 0.0301. The van der Waals surface area contributed by atoms with Crippen LogP contribution in [0.3, 0.4) is 0 Å². The molecule has 94 valence electrons. The Kier molecular flexibility index (Phi) is 2.67. The Hall–Kier alpha value is -2.42. The van der Waals surface area contributed by atoms with Crippen molar-refractivity contribution in [2.75, 3.05) is 0 Å². The van der Waals surface area contributed by atoms with Gasteiger partial charge in [-0.3, -0.25) is 0 Å². The van der Waals surface area contributed by atoms with Crippen molar-refractivity contribution >= 4 is 10.8 Å². The Morgan fingerprint density at radius 1 is 0.737 bits per heavy atom. The molecule has 1 N–H and O–H groups in total. The van der Waals surface area contributed by atoms with Gasteiger partial charge in [0.1, 0.15) is 17.4 Å². The van der Waals surface area contributed by atoms with Crippen LogP contribution in [0.4, 0.5) is 8.78 Å². The number of hydrogen-bond acceptors (Lipinski definition) is 1. The van der Waals surface area contributed by atoms with E-state index in [9.17, 15) is 13.9 Å². The highest BCUT2D eigenvalue weighted by molar-refractivity contribution is 5.88. The highest BCUT2D eigenvalue weighted by atomic mass is 19.1. The number of benzene rings is 3. The SMILES string of the molecule is Oc1ccc2cc(-c3c(F)cccc3F)ccc2c1. The van der Waals surface area contributed by atoms with Crippen molar-refractivity contribution in [3.05, 3.63) is 66.2 Å². The second kappa shape index (κ2) is 4.35. The van der Waals surface area contributed by atoms with Crippen molar-refractivity contribution in [3.8, 4) is 16.9 Å². The van der Waals surface area contributed by atoms with E-state index in [0.29, 0.717) is 5.56 Å². The van der Waals surface area contributed by atoms with Crippen molar-refractivity contribution < 1.29 is 13.9 Å². The lowest BCUT2D eigenvalue weighted by Crippen LogP contribution is -1.89. The van der Waals surface area contributed by atoms with Gasteiger partial charge in [0, 0.05) is 0 Å². The summed E-state index contributed by atoms with van der Waals surface area (Å²) in [6.45, 7) is 0. The standard InChI is InChI=1S/C16H10F2O/c17-14-2-1-3-15(18)16(14)12-5-4-11-9-13(19)7-6-10(11)8-12/h1-9,19H. The van der Waals surface area contributed by atoms with E-state index in [1.807, 2.05) is 0 Å². The van der Waals surface area contributed by atoms with Crippen LogP contribution in [0.1, 0.15) is 0 Å². The lowest BCUT2D eigenvalue weighted by atomic mass is 10.0. The summed E-state index contributed by atoms with van der Waals surface area (Å²) in [7, 11) is 0. The Morgan fingerprint density at radius 3 is 2.11 bits per heavy atom. The topological polar surface area (TPSA) is 20.2 Å². The van der Waals surface area contributed by atoms with Gasteiger partial charge in [-0.05, 0) is 46.7 Å². The molecule has 0 saturated carbocycles. The first-order valence-electron chi connectivity index (χ1n) is 5.82. The molecule has 0 atom stereocenters. The molecule has 0 aliphatic heterocycles. The molecule has 0 fully saturated rings. The van der Waals surface area contributed by atoms with Gasteiger partial charge < -0.3 is 5.11 Å². The number of hydrogen-bond donors (Lipinski definition) is 1. The molecular weight excluding hydrogens is 246 g/mol. The van der Waals surface area contributed by atoms with Crippen molar-refractivity contribution in [3.63, 3.8) is 0 Å². The molecule has 3 aromatic carbocycles. The molecule has 0 unspecified atom stereocenters. The van der Waals surface area contributed by atoms with E-state index in [1.54, 1.807) is 36.4 Å². The molecule has 3 rings (SSSR count). The van der Waals surface area contributed by atoms with E-state index in [0.717, 1.165) is 10.8 Å². The summed E-state index contributed by atoms with van der Waals surface area (Å²) < 4.78 is 27.4. The zero-order valence-electron chi connectivity index (χ0n) is 9.90. The zero-order valence-corrected chi connectivity index (χ0v) is 9.90. The molecular formula is C16H10F2O.